The molecule has 148 valence electrons. The average molecular weight is 392 g/mol. The van der Waals surface area contributed by atoms with Crippen molar-refractivity contribution in [3.8, 4) is 0 Å². The number of hydrogen-bond donors (Lipinski definition) is 1. The van der Waals surface area contributed by atoms with Crippen LogP contribution in [-0.4, -0.2) is 52.8 Å². The van der Waals surface area contributed by atoms with Crippen LogP contribution in [0.2, 0.25) is 0 Å². The molecule has 0 aliphatic carbocycles. The van der Waals surface area contributed by atoms with E-state index in [2.05, 4.69) is 10.3 Å². The third-order valence-electron chi connectivity index (χ3n) is 4.47. The number of alkyl halides is 3. The summed E-state index contributed by atoms with van der Waals surface area (Å²) >= 11 is 0. The van der Waals surface area contributed by atoms with Crippen molar-refractivity contribution in [1.29, 1.82) is 0 Å². The Balaban J connectivity index is 1.64. The predicted molar refractivity (Wildman–Crippen MR) is 97.1 cm³/mol. The number of amides is 2. The molecule has 2 aromatic rings. The largest absolute Gasteiger partial charge is 0.416 e. The van der Waals surface area contributed by atoms with Gasteiger partial charge < -0.3 is 15.1 Å². The fraction of sp³-hybridized carbons (Fsp3) is 0.316. The number of benzene rings is 1. The van der Waals surface area contributed by atoms with Crippen molar-refractivity contribution < 1.29 is 22.8 Å². The Morgan fingerprint density at radius 1 is 1.00 bits per heavy atom. The number of hydrogen-bond acceptors (Lipinski definition) is 4. The Kier molecular flexibility index (Phi) is 5.53. The lowest BCUT2D eigenvalue weighted by Gasteiger charge is -2.34. The van der Waals surface area contributed by atoms with Crippen LogP contribution < -0.4 is 5.32 Å². The quantitative estimate of drug-likeness (QED) is 0.872. The minimum absolute atomic E-state index is 0.0183. The van der Waals surface area contributed by atoms with Gasteiger partial charge in [0.1, 0.15) is 5.69 Å². The van der Waals surface area contributed by atoms with E-state index >= 15 is 0 Å². The molecule has 0 unspecified atom stereocenters. The molecule has 0 saturated carbocycles. The van der Waals surface area contributed by atoms with E-state index in [1.165, 1.54) is 31.3 Å². The van der Waals surface area contributed by atoms with Crippen LogP contribution in [0.3, 0.4) is 0 Å². The highest BCUT2D eigenvalue weighted by atomic mass is 19.4. The molecule has 0 spiro atoms. The first kappa shape index (κ1) is 19.7. The van der Waals surface area contributed by atoms with Gasteiger partial charge >= 0.3 is 6.18 Å². The van der Waals surface area contributed by atoms with Crippen LogP contribution in [0.5, 0.6) is 0 Å². The molecule has 1 aliphatic heterocycles. The molecule has 1 aliphatic rings. The van der Waals surface area contributed by atoms with Crippen LogP contribution in [0.4, 0.5) is 24.5 Å². The molecular formula is C19H19F3N4O2. The van der Waals surface area contributed by atoms with Gasteiger partial charge in [0.2, 0.25) is 5.91 Å². The van der Waals surface area contributed by atoms with Crippen LogP contribution in [0.1, 0.15) is 23.0 Å². The smallest absolute Gasteiger partial charge is 0.354 e. The second-order valence-electron chi connectivity index (χ2n) is 6.43. The van der Waals surface area contributed by atoms with Gasteiger partial charge in [0.25, 0.3) is 5.91 Å². The summed E-state index contributed by atoms with van der Waals surface area (Å²) in [5.41, 5.74) is 0.237. The Hall–Kier alpha value is -3.10. The number of anilines is 2. The summed E-state index contributed by atoms with van der Waals surface area (Å²) in [5.74, 6) is -0.260. The summed E-state index contributed by atoms with van der Waals surface area (Å²) in [6, 6.07) is 7.95. The van der Waals surface area contributed by atoms with Gasteiger partial charge in [-0.3, -0.25) is 9.59 Å². The maximum Gasteiger partial charge on any atom is 0.416 e. The zero-order valence-corrected chi connectivity index (χ0v) is 15.2. The molecule has 1 N–H and O–H groups in total. The van der Waals surface area contributed by atoms with Gasteiger partial charge in [0.05, 0.1) is 17.4 Å². The van der Waals surface area contributed by atoms with Crippen LogP contribution in [0, 0.1) is 0 Å². The SMILES string of the molecule is CC(=O)N1CCN(C(=O)c2ccc(Nc3cccc(C(F)(F)F)c3)cn2)CC1. The summed E-state index contributed by atoms with van der Waals surface area (Å²) < 4.78 is 38.4. The lowest BCUT2D eigenvalue weighted by molar-refractivity contribution is -0.137. The molecule has 6 nitrogen and oxygen atoms in total. The molecule has 0 bridgehead atoms. The molecule has 1 fully saturated rings. The third kappa shape index (κ3) is 4.59. The standard InChI is InChI=1S/C19H19F3N4O2/c1-13(27)25-7-9-26(10-8-25)18(28)17-6-5-16(12-23-17)24-15-4-2-3-14(11-15)19(20,21)22/h2-6,11-12,24H,7-10H2,1H3. The maximum atomic E-state index is 12.8. The maximum absolute atomic E-state index is 12.8. The van der Waals surface area contributed by atoms with Crippen LogP contribution in [0.15, 0.2) is 42.6 Å². The molecule has 28 heavy (non-hydrogen) atoms. The second kappa shape index (κ2) is 7.87. The highest BCUT2D eigenvalue weighted by molar-refractivity contribution is 5.92. The van der Waals surface area contributed by atoms with E-state index in [1.807, 2.05) is 0 Å². The number of piperazine rings is 1. The fourth-order valence-electron chi connectivity index (χ4n) is 2.92. The van der Waals surface area contributed by atoms with Gasteiger partial charge in [-0.25, -0.2) is 4.98 Å². The second-order valence-corrected chi connectivity index (χ2v) is 6.43. The lowest BCUT2D eigenvalue weighted by atomic mass is 10.2. The number of aromatic nitrogens is 1. The van der Waals surface area contributed by atoms with Crippen LogP contribution in [0.25, 0.3) is 0 Å². The highest BCUT2D eigenvalue weighted by Gasteiger charge is 2.30. The number of rotatable bonds is 3. The van der Waals surface area contributed by atoms with Crippen molar-refractivity contribution in [2.45, 2.75) is 13.1 Å². The zero-order chi connectivity index (χ0) is 20.3. The minimum atomic E-state index is -4.42. The average Bonchev–Trinajstić information content (AvgIpc) is 2.68. The Morgan fingerprint density at radius 2 is 1.68 bits per heavy atom. The number of nitrogens with one attached hydrogen (secondary N) is 1. The van der Waals surface area contributed by atoms with Crippen molar-refractivity contribution in [2.24, 2.45) is 0 Å². The summed E-state index contributed by atoms with van der Waals surface area (Å²) in [5, 5.41) is 2.85. The van der Waals surface area contributed by atoms with E-state index in [0.717, 1.165) is 12.1 Å². The van der Waals surface area contributed by atoms with Gasteiger partial charge in [-0.1, -0.05) is 6.07 Å². The lowest BCUT2D eigenvalue weighted by Crippen LogP contribution is -2.50. The zero-order valence-electron chi connectivity index (χ0n) is 15.2. The fourth-order valence-corrected chi connectivity index (χ4v) is 2.92. The van der Waals surface area contributed by atoms with Crippen molar-refractivity contribution in [1.82, 2.24) is 14.8 Å². The van der Waals surface area contributed by atoms with Gasteiger partial charge in [-0.2, -0.15) is 13.2 Å². The first-order chi connectivity index (χ1) is 13.2. The summed E-state index contributed by atoms with van der Waals surface area (Å²) in [4.78, 5) is 31.3. The molecule has 1 saturated heterocycles. The molecule has 1 aromatic carbocycles. The number of nitrogens with zero attached hydrogens (tertiary/aromatic N) is 3. The van der Waals surface area contributed by atoms with Crippen molar-refractivity contribution >= 4 is 23.2 Å². The summed E-state index contributed by atoms with van der Waals surface area (Å²) in [7, 11) is 0. The number of halogens is 3. The van der Waals surface area contributed by atoms with Crippen LogP contribution in [-0.2, 0) is 11.0 Å². The predicted octanol–water partition coefficient (Wildman–Crippen LogP) is 3.15. The summed E-state index contributed by atoms with van der Waals surface area (Å²) in [6.07, 6.45) is -3.02. The monoisotopic (exact) mass is 392 g/mol. The van der Waals surface area contributed by atoms with E-state index in [9.17, 15) is 22.8 Å². The third-order valence-corrected chi connectivity index (χ3v) is 4.47. The van der Waals surface area contributed by atoms with Gasteiger partial charge in [-0.05, 0) is 30.3 Å². The van der Waals surface area contributed by atoms with E-state index in [0.29, 0.717) is 31.9 Å². The molecule has 0 atom stereocenters. The minimum Gasteiger partial charge on any atom is -0.354 e. The van der Waals surface area contributed by atoms with Gasteiger partial charge in [-0.15, -0.1) is 0 Å². The molecule has 2 heterocycles. The molecule has 2 amide bonds. The van der Waals surface area contributed by atoms with E-state index < -0.39 is 11.7 Å². The van der Waals surface area contributed by atoms with Crippen LogP contribution >= 0.6 is 0 Å². The topological polar surface area (TPSA) is 65.5 Å². The number of pyridine rings is 1. The van der Waals surface area contributed by atoms with E-state index in [4.69, 9.17) is 0 Å². The van der Waals surface area contributed by atoms with Gasteiger partial charge in [0, 0.05) is 38.8 Å². The number of carbonyl (C=O) groups excluding carboxylic acids is 2. The Bertz CT molecular complexity index is 860. The van der Waals surface area contributed by atoms with Crippen molar-refractivity contribution in [3.63, 3.8) is 0 Å². The van der Waals surface area contributed by atoms with Crippen molar-refractivity contribution in [3.05, 3.63) is 53.9 Å². The Labute approximate surface area is 160 Å². The summed E-state index contributed by atoms with van der Waals surface area (Å²) in [6.45, 7) is 3.33. The molecule has 9 heteroatoms. The van der Waals surface area contributed by atoms with Crippen molar-refractivity contribution in [2.75, 3.05) is 31.5 Å². The van der Waals surface area contributed by atoms with E-state index in [-0.39, 0.29) is 23.2 Å². The first-order valence-corrected chi connectivity index (χ1v) is 8.69. The highest BCUT2D eigenvalue weighted by Crippen LogP contribution is 2.31. The molecular weight excluding hydrogens is 373 g/mol. The van der Waals surface area contributed by atoms with Gasteiger partial charge in [0.15, 0.2) is 0 Å². The molecule has 0 radical (unpaired) electrons. The number of carbonyl (C=O) groups is 2. The molecule has 1 aromatic heterocycles. The first-order valence-electron chi connectivity index (χ1n) is 8.69. The normalized spacial score (nSPS) is 14.7. The van der Waals surface area contributed by atoms with E-state index in [1.54, 1.807) is 15.9 Å². The molecule has 3 rings (SSSR count). The Morgan fingerprint density at radius 3 is 2.25 bits per heavy atom.